The quantitative estimate of drug-likeness (QED) is 0.782. The molecule has 1 N–H and O–H groups in total. The fraction of sp³-hybridized carbons (Fsp3) is 0.667. The molecule has 1 unspecified atom stereocenters. The van der Waals surface area contributed by atoms with Gasteiger partial charge in [-0.2, -0.15) is 0 Å². The molecule has 0 saturated heterocycles. The van der Waals surface area contributed by atoms with Crippen molar-refractivity contribution in [3.8, 4) is 0 Å². The van der Waals surface area contributed by atoms with Gasteiger partial charge in [-0.05, 0) is 40.9 Å². The molecule has 0 fully saturated rings. The third-order valence-corrected chi connectivity index (χ3v) is 2.60. The van der Waals surface area contributed by atoms with E-state index in [1.165, 1.54) is 0 Å². The number of ether oxygens (including phenoxy) is 1. The molecule has 1 atom stereocenters. The third kappa shape index (κ3) is 5.14. The van der Waals surface area contributed by atoms with E-state index in [2.05, 4.69) is 42.0 Å². The van der Waals surface area contributed by atoms with Gasteiger partial charge in [-0.25, -0.2) is 0 Å². The lowest BCUT2D eigenvalue weighted by Gasteiger charge is -2.12. The van der Waals surface area contributed by atoms with Crippen molar-refractivity contribution in [3.05, 3.63) is 22.6 Å². The second-order valence-electron chi connectivity index (χ2n) is 4.29. The Balaban J connectivity index is 2.13. The lowest BCUT2D eigenvalue weighted by molar-refractivity contribution is 0.110. The average molecular weight is 290 g/mol. The van der Waals surface area contributed by atoms with E-state index in [1.807, 2.05) is 12.1 Å². The number of halogens is 1. The SMILES string of the molecule is CC(C)COCCNC(C)c1ccc(Br)o1. The maximum Gasteiger partial charge on any atom is 0.169 e. The molecule has 0 aromatic carbocycles. The first-order chi connectivity index (χ1) is 7.59. The summed E-state index contributed by atoms with van der Waals surface area (Å²) in [5.74, 6) is 1.54. The Morgan fingerprint density at radius 1 is 1.38 bits per heavy atom. The molecule has 0 aliphatic rings. The van der Waals surface area contributed by atoms with Crippen molar-refractivity contribution >= 4 is 15.9 Å². The standard InChI is InChI=1S/C12H20BrNO2/c1-9(2)8-15-7-6-14-10(3)11-4-5-12(13)16-11/h4-5,9-10,14H,6-8H2,1-3H3. The molecule has 1 aromatic rings. The molecule has 0 spiro atoms. The number of hydrogen-bond acceptors (Lipinski definition) is 3. The molecule has 0 saturated carbocycles. The van der Waals surface area contributed by atoms with E-state index in [4.69, 9.17) is 9.15 Å². The number of hydrogen-bond donors (Lipinski definition) is 1. The van der Waals surface area contributed by atoms with Crippen LogP contribution in [0.5, 0.6) is 0 Å². The van der Waals surface area contributed by atoms with Crippen LogP contribution < -0.4 is 5.32 Å². The number of furan rings is 1. The Morgan fingerprint density at radius 3 is 2.69 bits per heavy atom. The van der Waals surface area contributed by atoms with E-state index in [9.17, 15) is 0 Å². The third-order valence-electron chi connectivity index (χ3n) is 2.17. The van der Waals surface area contributed by atoms with Gasteiger partial charge in [-0.3, -0.25) is 0 Å². The van der Waals surface area contributed by atoms with Gasteiger partial charge in [0.25, 0.3) is 0 Å². The Kier molecular flexibility index (Phi) is 6.09. The van der Waals surface area contributed by atoms with Crippen molar-refractivity contribution in [1.29, 1.82) is 0 Å². The Hall–Kier alpha value is -0.320. The molecule has 0 bridgehead atoms. The summed E-state index contributed by atoms with van der Waals surface area (Å²) in [6, 6.07) is 4.09. The van der Waals surface area contributed by atoms with Crippen LogP contribution in [0.4, 0.5) is 0 Å². The van der Waals surface area contributed by atoms with Crippen LogP contribution in [0.2, 0.25) is 0 Å². The lowest BCUT2D eigenvalue weighted by Crippen LogP contribution is -2.23. The van der Waals surface area contributed by atoms with Gasteiger partial charge in [0.2, 0.25) is 0 Å². The highest BCUT2D eigenvalue weighted by Crippen LogP contribution is 2.19. The predicted molar refractivity (Wildman–Crippen MR) is 68.5 cm³/mol. The van der Waals surface area contributed by atoms with Crippen LogP contribution in [-0.2, 0) is 4.74 Å². The Bertz CT molecular complexity index is 299. The molecule has 1 rings (SSSR count). The van der Waals surface area contributed by atoms with E-state index in [0.29, 0.717) is 5.92 Å². The van der Waals surface area contributed by atoms with Crippen LogP contribution in [0.15, 0.2) is 21.2 Å². The summed E-state index contributed by atoms with van der Waals surface area (Å²) >= 11 is 3.29. The number of rotatable bonds is 7. The molecule has 0 amide bonds. The fourth-order valence-corrected chi connectivity index (χ4v) is 1.65. The molecule has 92 valence electrons. The second kappa shape index (κ2) is 7.09. The second-order valence-corrected chi connectivity index (χ2v) is 5.07. The average Bonchev–Trinajstić information content (AvgIpc) is 2.63. The van der Waals surface area contributed by atoms with E-state index >= 15 is 0 Å². The lowest BCUT2D eigenvalue weighted by atomic mass is 10.2. The molecule has 1 aromatic heterocycles. The molecular formula is C12H20BrNO2. The van der Waals surface area contributed by atoms with Crippen LogP contribution in [-0.4, -0.2) is 19.8 Å². The zero-order valence-electron chi connectivity index (χ0n) is 10.1. The summed E-state index contributed by atoms with van der Waals surface area (Å²) < 4.78 is 11.7. The van der Waals surface area contributed by atoms with Crippen LogP contribution in [0.1, 0.15) is 32.6 Å². The van der Waals surface area contributed by atoms with Crippen molar-refractivity contribution in [2.45, 2.75) is 26.8 Å². The van der Waals surface area contributed by atoms with E-state index in [-0.39, 0.29) is 6.04 Å². The van der Waals surface area contributed by atoms with Crippen molar-refractivity contribution in [1.82, 2.24) is 5.32 Å². The molecule has 3 nitrogen and oxygen atoms in total. The van der Waals surface area contributed by atoms with Gasteiger partial charge < -0.3 is 14.5 Å². The maximum absolute atomic E-state index is 5.48. The van der Waals surface area contributed by atoms with Gasteiger partial charge in [0.15, 0.2) is 4.67 Å². The van der Waals surface area contributed by atoms with Crippen LogP contribution in [0.25, 0.3) is 0 Å². The minimum Gasteiger partial charge on any atom is -0.453 e. The monoisotopic (exact) mass is 289 g/mol. The van der Waals surface area contributed by atoms with E-state index < -0.39 is 0 Å². The van der Waals surface area contributed by atoms with Crippen molar-refractivity contribution in [3.63, 3.8) is 0 Å². The highest BCUT2D eigenvalue weighted by Gasteiger charge is 2.08. The van der Waals surface area contributed by atoms with Crippen LogP contribution in [0, 0.1) is 5.92 Å². The first-order valence-corrected chi connectivity index (χ1v) is 6.45. The maximum atomic E-state index is 5.48. The highest BCUT2D eigenvalue weighted by molar-refractivity contribution is 9.10. The van der Waals surface area contributed by atoms with Crippen LogP contribution >= 0.6 is 15.9 Å². The summed E-state index contributed by atoms with van der Waals surface area (Å²) in [6.07, 6.45) is 0. The van der Waals surface area contributed by atoms with Crippen LogP contribution in [0.3, 0.4) is 0 Å². The van der Waals surface area contributed by atoms with Crippen molar-refractivity contribution in [2.75, 3.05) is 19.8 Å². The van der Waals surface area contributed by atoms with Gasteiger partial charge >= 0.3 is 0 Å². The van der Waals surface area contributed by atoms with Crippen molar-refractivity contribution in [2.24, 2.45) is 5.92 Å². The highest BCUT2D eigenvalue weighted by atomic mass is 79.9. The van der Waals surface area contributed by atoms with Crippen molar-refractivity contribution < 1.29 is 9.15 Å². The Morgan fingerprint density at radius 2 is 2.12 bits per heavy atom. The van der Waals surface area contributed by atoms with Gasteiger partial charge in [-0.15, -0.1) is 0 Å². The minimum absolute atomic E-state index is 0.217. The number of nitrogens with one attached hydrogen (secondary N) is 1. The van der Waals surface area contributed by atoms with Gasteiger partial charge in [0, 0.05) is 13.2 Å². The summed E-state index contributed by atoms with van der Waals surface area (Å²) in [7, 11) is 0. The Labute approximate surface area is 106 Å². The smallest absolute Gasteiger partial charge is 0.169 e. The molecular weight excluding hydrogens is 270 g/mol. The molecule has 16 heavy (non-hydrogen) atoms. The topological polar surface area (TPSA) is 34.4 Å². The molecule has 0 aliphatic carbocycles. The van der Waals surface area contributed by atoms with Gasteiger partial charge in [0.05, 0.1) is 12.6 Å². The predicted octanol–water partition coefficient (Wildman–Crippen LogP) is 3.37. The summed E-state index contributed by atoms with van der Waals surface area (Å²) in [5.41, 5.74) is 0. The first kappa shape index (κ1) is 13.7. The van der Waals surface area contributed by atoms with Gasteiger partial charge in [-0.1, -0.05) is 13.8 Å². The molecule has 4 heteroatoms. The summed E-state index contributed by atoms with van der Waals surface area (Å²) in [4.78, 5) is 0. The van der Waals surface area contributed by atoms with E-state index in [0.717, 1.165) is 30.2 Å². The van der Waals surface area contributed by atoms with E-state index in [1.54, 1.807) is 0 Å². The zero-order chi connectivity index (χ0) is 12.0. The zero-order valence-corrected chi connectivity index (χ0v) is 11.7. The van der Waals surface area contributed by atoms with Gasteiger partial charge in [0.1, 0.15) is 5.76 Å². The molecule has 0 aliphatic heterocycles. The summed E-state index contributed by atoms with van der Waals surface area (Å²) in [6.45, 7) is 8.78. The largest absolute Gasteiger partial charge is 0.453 e. The molecule has 0 radical (unpaired) electrons. The fourth-order valence-electron chi connectivity index (χ4n) is 1.33. The summed E-state index contributed by atoms with van der Waals surface area (Å²) in [5, 5.41) is 3.35. The first-order valence-electron chi connectivity index (χ1n) is 5.66. The molecule has 1 heterocycles. The minimum atomic E-state index is 0.217. The normalized spacial score (nSPS) is 13.3.